The van der Waals surface area contributed by atoms with Crippen LogP contribution in [0, 0.1) is 0 Å². The summed E-state index contributed by atoms with van der Waals surface area (Å²) in [6, 6.07) is 6.62. The van der Waals surface area contributed by atoms with E-state index in [4.69, 9.17) is 5.11 Å². The normalized spacial score (nSPS) is 17.7. The fourth-order valence-electron chi connectivity index (χ4n) is 2.98. The van der Waals surface area contributed by atoms with Gasteiger partial charge in [0.05, 0.1) is 17.7 Å². The summed E-state index contributed by atoms with van der Waals surface area (Å²) < 4.78 is 0. The minimum atomic E-state index is -0.405. The molecular weight excluding hydrogens is 334 g/mol. The van der Waals surface area contributed by atoms with Crippen molar-refractivity contribution < 1.29 is 19.5 Å². The van der Waals surface area contributed by atoms with E-state index in [1.54, 1.807) is 29.2 Å². The molecule has 0 unspecified atom stereocenters. The number of aliphatic hydroxyl groups is 1. The average molecular weight is 354 g/mol. The maximum absolute atomic E-state index is 12.4. The van der Waals surface area contributed by atoms with E-state index in [9.17, 15) is 14.4 Å². The van der Waals surface area contributed by atoms with Crippen molar-refractivity contribution in [3.63, 3.8) is 0 Å². The molecule has 7 nitrogen and oxygen atoms in total. The Morgan fingerprint density at radius 3 is 2.04 bits per heavy atom. The molecule has 0 aromatic heterocycles. The largest absolute Gasteiger partial charge is 0.395 e. The first kappa shape index (κ1) is 18.4. The molecule has 1 saturated heterocycles. The quantitative estimate of drug-likeness (QED) is 0.761. The minimum Gasteiger partial charge on any atom is -0.395 e. The van der Waals surface area contributed by atoms with Gasteiger partial charge in [0.1, 0.15) is 6.54 Å². The van der Waals surface area contributed by atoms with Crippen LogP contribution in [0.2, 0.25) is 0 Å². The minimum absolute atomic E-state index is 0. The van der Waals surface area contributed by atoms with Crippen molar-refractivity contribution in [3.8, 4) is 0 Å². The third-order valence-electron chi connectivity index (χ3n) is 4.31. The highest BCUT2D eigenvalue weighted by molar-refractivity contribution is 6.22. The number of imide groups is 1. The number of carbonyl (C=O) groups is 3. The van der Waals surface area contributed by atoms with Crippen LogP contribution in [0.15, 0.2) is 24.3 Å². The second-order valence-corrected chi connectivity index (χ2v) is 5.69. The number of hydrogen-bond acceptors (Lipinski definition) is 5. The molecular formula is C16H20ClN3O4. The van der Waals surface area contributed by atoms with E-state index in [1.165, 1.54) is 0 Å². The number of carbonyl (C=O) groups excluding carboxylic acids is 3. The molecule has 24 heavy (non-hydrogen) atoms. The van der Waals surface area contributed by atoms with Crippen LogP contribution < -0.4 is 0 Å². The van der Waals surface area contributed by atoms with Crippen molar-refractivity contribution in [2.75, 3.05) is 45.9 Å². The van der Waals surface area contributed by atoms with Gasteiger partial charge in [0, 0.05) is 32.7 Å². The van der Waals surface area contributed by atoms with Gasteiger partial charge in [-0.25, -0.2) is 0 Å². The van der Waals surface area contributed by atoms with Crippen LogP contribution >= 0.6 is 12.4 Å². The average Bonchev–Trinajstić information content (AvgIpc) is 2.81. The molecule has 0 aliphatic carbocycles. The fraction of sp³-hybridized carbons (Fsp3) is 0.438. The number of β-amino-alcohol motifs (C(OH)–C–C–N with tert-alkyl or cyclic N) is 1. The predicted molar refractivity (Wildman–Crippen MR) is 89.2 cm³/mol. The Bertz CT molecular complexity index is 609. The van der Waals surface area contributed by atoms with E-state index in [0.717, 1.165) is 4.90 Å². The van der Waals surface area contributed by atoms with Gasteiger partial charge in [0.25, 0.3) is 11.8 Å². The third-order valence-corrected chi connectivity index (χ3v) is 4.31. The second kappa shape index (κ2) is 7.74. The lowest BCUT2D eigenvalue weighted by molar-refractivity contribution is -0.133. The molecule has 1 aromatic rings. The van der Waals surface area contributed by atoms with Crippen LogP contribution in [0.4, 0.5) is 0 Å². The molecule has 130 valence electrons. The van der Waals surface area contributed by atoms with E-state index < -0.39 is 11.8 Å². The highest BCUT2D eigenvalue weighted by atomic mass is 35.5. The lowest BCUT2D eigenvalue weighted by atomic mass is 10.1. The van der Waals surface area contributed by atoms with E-state index in [2.05, 4.69) is 4.90 Å². The standard InChI is InChI=1S/C16H19N3O4.ClH/c20-10-9-17-5-7-18(8-6-17)14(21)11-19-15(22)12-3-1-2-4-13(12)16(19)23;/h1-4,20H,5-11H2;1H. The molecule has 1 aromatic carbocycles. The van der Waals surface area contributed by atoms with E-state index >= 15 is 0 Å². The van der Waals surface area contributed by atoms with Gasteiger partial charge < -0.3 is 10.0 Å². The van der Waals surface area contributed by atoms with Gasteiger partial charge in [-0.05, 0) is 12.1 Å². The van der Waals surface area contributed by atoms with Crippen molar-refractivity contribution in [1.82, 2.24) is 14.7 Å². The van der Waals surface area contributed by atoms with Gasteiger partial charge in [-0.1, -0.05) is 12.1 Å². The van der Waals surface area contributed by atoms with Crippen LogP contribution in [0.25, 0.3) is 0 Å². The first-order chi connectivity index (χ1) is 11.1. The molecule has 2 aliphatic rings. The molecule has 8 heteroatoms. The van der Waals surface area contributed by atoms with Gasteiger partial charge in [-0.2, -0.15) is 0 Å². The molecule has 0 saturated carbocycles. The maximum atomic E-state index is 12.4. The third kappa shape index (κ3) is 3.43. The zero-order valence-corrected chi connectivity index (χ0v) is 14.0. The molecule has 3 rings (SSSR count). The first-order valence-electron chi connectivity index (χ1n) is 7.68. The Morgan fingerprint density at radius 2 is 1.54 bits per heavy atom. The van der Waals surface area contributed by atoms with Crippen LogP contribution in [-0.4, -0.2) is 83.4 Å². The number of aliphatic hydroxyl groups excluding tert-OH is 1. The zero-order chi connectivity index (χ0) is 16.4. The smallest absolute Gasteiger partial charge is 0.262 e. The zero-order valence-electron chi connectivity index (χ0n) is 13.2. The summed E-state index contributed by atoms with van der Waals surface area (Å²) >= 11 is 0. The van der Waals surface area contributed by atoms with Gasteiger partial charge in [0.2, 0.25) is 5.91 Å². The maximum Gasteiger partial charge on any atom is 0.262 e. The highest BCUT2D eigenvalue weighted by Crippen LogP contribution is 2.22. The Hall–Kier alpha value is -1.96. The van der Waals surface area contributed by atoms with Crippen LogP contribution in [0.3, 0.4) is 0 Å². The number of fused-ring (bicyclic) bond motifs is 1. The number of nitrogens with zero attached hydrogens (tertiary/aromatic N) is 3. The van der Waals surface area contributed by atoms with Crippen LogP contribution in [0.1, 0.15) is 20.7 Å². The highest BCUT2D eigenvalue weighted by Gasteiger charge is 2.37. The number of hydrogen-bond donors (Lipinski definition) is 1. The van der Waals surface area contributed by atoms with Crippen molar-refractivity contribution in [1.29, 1.82) is 0 Å². The summed E-state index contributed by atoms with van der Waals surface area (Å²) in [7, 11) is 0. The van der Waals surface area contributed by atoms with E-state index in [0.29, 0.717) is 43.9 Å². The summed E-state index contributed by atoms with van der Waals surface area (Å²) in [5, 5.41) is 8.92. The monoisotopic (exact) mass is 353 g/mol. The SMILES string of the molecule is Cl.O=C(CN1C(=O)c2ccccc2C1=O)N1CCN(CCO)CC1. The molecule has 3 amide bonds. The molecule has 0 atom stereocenters. The Kier molecular flexibility index (Phi) is 5.93. The second-order valence-electron chi connectivity index (χ2n) is 5.69. The van der Waals surface area contributed by atoms with E-state index in [-0.39, 0.29) is 31.5 Å². The molecule has 0 spiro atoms. The van der Waals surface area contributed by atoms with Gasteiger partial charge >= 0.3 is 0 Å². The Morgan fingerprint density at radius 1 is 1.00 bits per heavy atom. The molecule has 1 N–H and O–H groups in total. The van der Waals surface area contributed by atoms with Gasteiger partial charge in [-0.3, -0.25) is 24.2 Å². The molecule has 1 fully saturated rings. The number of benzene rings is 1. The number of amides is 3. The topological polar surface area (TPSA) is 81.2 Å². The summed E-state index contributed by atoms with van der Waals surface area (Å²) in [5.74, 6) is -1.03. The van der Waals surface area contributed by atoms with Crippen molar-refractivity contribution in [3.05, 3.63) is 35.4 Å². The number of halogens is 1. The number of rotatable bonds is 4. The van der Waals surface area contributed by atoms with Gasteiger partial charge in [0.15, 0.2) is 0 Å². The molecule has 2 heterocycles. The fourth-order valence-corrected chi connectivity index (χ4v) is 2.98. The van der Waals surface area contributed by atoms with Gasteiger partial charge in [-0.15, -0.1) is 12.4 Å². The summed E-state index contributed by atoms with van der Waals surface area (Å²) in [6.45, 7) is 2.95. The lowest BCUT2D eigenvalue weighted by Gasteiger charge is -2.34. The lowest BCUT2D eigenvalue weighted by Crippen LogP contribution is -2.52. The summed E-state index contributed by atoms with van der Waals surface area (Å²) in [4.78, 5) is 41.7. The van der Waals surface area contributed by atoms with Crippen LogP contribution in [0.5, 0.6) is 0 Å². The first-order valence-corrected chi connectivity index (χ1v) is 7.68. The summed E-state index contributed by atoms with van der Waals surface area (Å²) in [6.07, 6.45) is 0. The van der Waals surface area contributed by atoms with E-state index in [1.807, 2.05) is 0 Å². The summed E-state index contributed by atoms with van der Waals surface area (Å²) in [5.41, 5.74) is 0.719. The number of piperazine rings is 1. The predicted octanol–water partition coefficient (Wildman–Crippen LogP) is -0.159. The Labute approximate surface area is 146 Å². The molecule has 0 bridgehead atoms. The van der Waals surface area contributed by atoms with Crippen molar-refractivity contribution in [2.45, 2.75) is 0 Å². The van der Waals surface area contributed by atoms with Crippen molar-refractivity contribution in [2.24, 2.45) is 0 Å². The Balaban J connectivity index is 0.00000208. The van der Waals surface area contributed by atoms with Crippen LogP contribution in [-0.2, 0) is 4.79 Å². The molecule has 0 radical (unpaired) electrons. The molecule has 2 aliphatic heterocycles. The van der Waals surface area contributed by atoms with Crippen molar-refractivity contribution >= 4 is 30.1 Å².